The van der Waals surface area contributed by atoms with Crippen LogP contribution in [0.4, 0.5) is 5.69 Å². The predicted molar refractivity (Wildman–Crippen MR) is 107 cm³/mol. The molecule has 2 aromatic carbocycles. The molecule has 0 amide bonds. The summed E-state index contributed by atoms with van der Waals surface area (Å²) >= 11 is 0. The third-order valence-corrected chi connectivity index (χ3v) is 4.53. The molecule has 0 saturated carbocycles. The van der Waals surface area contributed by atoms with Crippen molar-refractivity contribution >= 4 is 22.6 Å². The second-order valence-electron chi connectivity index (χ2n) is 7.17. The molecule has 5 heteroatoms. The molecule has 0 spiro atoms. The Hall–Kier alpha value is -3.08. The molecule has 3 rings (SSSR count). The first kappa shape index (κ1) is 18.7. The summed E-state index contributed by atoms with van der Waals surface area (Å²) in [4.78, 5) is 23.6. The molecule has 0 aliphatic carbocycles. The van der Waals surface area contributed by atoms with E-state index in [1.807, 2.05) is 57.2 Å². The van der Waals surface area contributed by atoms with Crippen LogP contribution in [0.2, 0.25) is 0 Å². The Morgan fingerprint density at radius 2 is 1.85 bits per heavy atom. The molecule has 0 bridgehead atoms. The van der Waals surface area contributed by atoms with E-state index < -0.39 is 17.6 Å². The number of benzene rings is 2. The number of aryl methyl sites for hydroxylation is 1. The zero-order valence-corrected chi connectivity index (χ0v) is 15.7. The Bertz CT molecular complexity index is 1040. The number of carboxylic acid groups (broad SMARTS) is 1. The van der Waals surface area contributed by atoms with E-state index in [0.29, 0.717) is 17.7 Å². The molecule has 0 radical (unpaired) electrons. The van der Waals surface area contributed by atoms with Crippen LogP contribution < -0.4 is 10.9 Å². The van der Waals surface area contributed by atoms with Crippen LogP contribution in [0.3, 0.4) is 0 Å². The van der Waals surface area contributed by atoms with Crippen molar-refractivity contribution in [1.82, 2.24) is 0 Å². The second-order valence-corrected chi connectivity index (χ2v) is 7.17. The lowest BCUT2D eigenvalue weighted by Gasteiger charge is -2.18. The lowest BCUT2D eigenvalue weighted by molar-refractivity contribution is -0.138. The van der Waals surface area contributed by atoms with Crippen LogP contribution in [0, 0.1) is 12.8 Å². The van der Waals surface area contributed by atoms with Crippen molar-refractivity contribution in [3.63, 3.8) is 0 Å². The van der Waals surface area contributed by atoms with Gasteiger partial charge in [0.2, 0.25) is 0 Å². The fraction of sp³-hybridized carbons (Fsp3) is 0.273. The van der Waals surface area contributed by atoms with Crippen LogP contribution in [0.25, 0.3) is 22.1 Å². The van der Waals surface area contributed by atoms with E-state index >= 15 is 0 Å². The van der Waals surface area contributed by atoms with Crippen LogP contribution >= 0.6 is 0 Å². The molecule has 27 heavy (non-hydrogen) atoms. The van der Waals surface area contributed by atoms with Crippen molar-refractivity contribution in [3.8, 4) is 11.1 Å². The maximum absolute atomic E-state index is 12.1. The lowest BCUT2D eigenvalue weighted by atomic mass is 9.97. The molecular weight excluding hydrogens is 342 g/mol. The fourth-order valence-electron chi connectivity index (χ4n) is 3.24. The van der Waals surface area contributed by atoms with E-state index in [-0.39, 0.29) is 5.92 Å². The minimum Gasteiger partial charge on any atom is -0.480 e. The van der Waals surface area contributed by atoms with Gasteiger partial charge in [0.25, 0.3) is 0 Å². The van der Waals surface area contributed by atoms with E-state index in [9.17, 15) is 14.7 Å². The number of hydrogen-bond acceptors (Lipinski definition) is 4. The van der Waals surface area contributed by atoms with Gasteiger partial charge in [0.1, 0.15) is 11.6 Å². The van der Waals surface area contributed by atoms with Crippen LogP contribution in [0.5, 0.6) is 0 Å². The molecule has 0 saturated heterocycles. The van der Waals surface area contributed by atoms with Gasteiger partial charge in [-0.1, -0.05) is 38.1 Å². The number of carbonyl (C=O) groups is 1. The SMILES string of the molecule is Cc1ccccc1-c1cc(=O)oc2cc(N[C@@H](CC(C)C)C(=O)O)ccc12. The standard InChI is InChI=1S/C22H23NO4/c1-13(2)10-19(22(25)26)23-15-8-9-17-18(12-21(24)27-20(17)11-15)16-7-5-4-6-14(16)3/h4-9,11-13,19,23H,10H2,1-3H3,(H,25,26)/t19-/m0/s1. The summed E-state index contributed by atoms with van der Waals surface area (Å²) in [6, 6.07) is 14.0. The van der Waals surface area contributed by atoms with Gasteiger partial charge in [-0.3, -0.25) is 0 Å². The molecule has 0 unspecified atom stereocenters. The third kappa shape index (κ3) is 4.19. The molecule has 1 aromatic heterocycles. The molecule has 5 nitrogen and oxygen atoms in total. The lowest BCUT2D eigenvalue weighted by Crippen LogP contribution is -2.30. The Morgan fingerprint density at radius 3 is 2.52 bits per heavy atom. The average Bonchev–Trinajstić information content (AvgIpc) is 2.60. The molecule has 0 aliphatic heterocycles. The highest BCUT2D eigenvalue weighted by atomic mass is 16.4. The first-order valence-corrected chi connectivity index (χ1v) is 8.98. The second kappa shape index (κ2) is 7.66. The number of aliphatic carboxylic acids is 1. The van der Waals surface area contributed by atoms with Gasteiger partial charge in [-0.2, -0.15) is 0 Å². The van der Waals surface area contributed by atoms with Crippen LogP contribution in [-0.2, 0) is 4.79 Å². The highest BCUT2D eigenvalue weighted by molar-refractivity contribution is 5.95. The molecule has 1 atom stereocenters. The smallest absolute Gasteiger partial charge is 0.336 e. The summed E-state index contributed by atoms with van der Waals surface area (Å²) in [5.41, 5.74) is 3.45. The van der Waals surface area contributed by atoms with Gasteiger partial charge in [0.05, 0.1) is 0 Å². The highest BCUT2D eigenvalue weighted by Gasteiger charge is 2.19. The predicted octanol–water partition coefficient (Wildman–Crippen LogP) is 4.68. The summed E-state index contributed by atoms with van der Waals surface area (Å²) in [5, 5.41) is 13.3. The minimum atomic E-state index is -0.904. The maximum atomic E-state index is 12.1. The van der Waals surface area contributed by atoms with Crippen molar-refractivity contribution < 1.29 is 14.3 Å². The van der Waals surface area contributed by atoms with Gasteiger partial charge < -0.3 is 14.8 Å². The molecule has 3 aromatic rings. The van der Waals surface area contributed by atoms with E-state index in [1.54, 1.807) is 6.07 Å². The number of hydrogen-bond donors (Lipinski definition) is 2. The number of rotatable bonds is 6. The van der Waals surface area contributed by atoms with E-state index in [0.717, 1.165) is 22.1 Å². The highest BCUT2D eigenvalue weighted by Crippen LogP contribution is 2.31. The third-order valence-electron chi connectivity index (χ3n) is 4.53. The van der Waals surface area contributed by atoms with Gasteiger partial charge >= 0.3 is 11.6 Å². The number of nitrogens with one attached hydrogen (secondary N) is 1. The molecule has 1 heterocycles. The summed E-state index contributed by atoms with van der Waals surface area (Å²) in [6.07, 6.45) is 0.501. The quantitative estimate of drug-likeness (QED) is 0.620. The monoisotopic (exact) mass is 365 g/mol. The first-order chi connectivity index (χ1) is 12.8. The topological polar surface area (TPSA) is 79.5 Å². The van der Waals surface area contributed by atoms with Gasteiger partial charge in [0, 0.05) is 28.8 Å². The Morgan fingerprint density at radius 1 is 1.11 bits per heavy atom. The molecule has 140 valence electrons. The van der Waals surface area contributed by atoms with Crippen molar-refractivity contribution in [1.29, 1.82) is 0 Å². The zero-order chi connectivity index (χ0) is 19.6. The van der Waals surface area contributed by atoms with Crippen molar-refractivity contribution in [3.05, 3.63) is 64.5 Å². The summed E-state index contributed by atoms with van der Waals surface area (Å²) < 4.78 is 5.38. The number of fused-ring (bicyclic) bond motifs is 1. The summed E-state index contributed by atoms with van der Waals surface area (Å²) in [6.45, 7) is 5.95. The van der Waals surface area contributed by atoms with Crippen LogP contribution in [0.15, 0.2) is 57.7 Å². The maximum Gasteiger partial charge on any atom is 0.336 e. The van der Waals surface area contributed by atoms with Gasteiger partial charge in [-0.25, -0.2) is 9.59 Å². The molecular formula is C22H23NO4. The van der Waals surface area contributed by atoms with E-state index in [4.69, 9.17) is 4.42 Å². The van der Waals surface area contributed by atoms with Gasteiger partial charge in [-0.05, 0) is 42.5 Å². The number of carboxylic acids is 1. The van der Waals surface area contributed by atoms with Crippen molar-refractivity contribution in [2.24, 2.45) is 5.92 Å². The minimum absolute atomic E-state index is 0.240. The normalized spacial score (nSPS) is 12.3. The largest absolute Gasteiger partial charge is 0.480 e. The Balaban J connectivity index is 2.05. The average molecular weight is 365 g/mol. The molecule has 0 fully saturated rings. The van der Waals surface area contributed by atoms with Gasteiger partial charge in [-0.15, -0.1) is 0 Å². The molecule has 2 N–H and O–H groups in total. The Kier molecular flexibility index (Phi) is 5.31. The van der Waals surface area contributed by atoms with E-state index in [2.05, 4.69) is 5.32 Å². The van der Waals surface area contributed by atoms with Crippen LogP contribution in [-0.4, -0.2) is 17.1 Å². The Labute approximate surface area is 157 Å². The summed E-state index contributed by atoms with van der Waals surface area (Å²) in [7, 11) is 0. The molecule has 0 aliphatic rings. The van der Waals surface area contributed by atoms with Gasteiger partial charge in [0.15, 0.2) is 0 Å². The zero-order valence-electron chi connectivity index (χ0n) is 15.7. The number of anilines is 1. The van der Waals surface area contributed by atoms with Crippen LogP contribution in [0.1, 0.15) is 25.8 Å². The van der Waals surface area contributed by atoms with E-state index in [1.165, 1.54) is 6.07 Å². The van der Waals surface area contributed by atoms with Crippen molar-refractivity contribution in [2.75, 3.05) is 5.32 Å². The first-order valence-electron chi connectivity index (χ1n) is 8.98. The summed E-state index contributed by atoms with van der Waals surface area (Å²) in [5.74, 6) is -0.663. The fourth-order valence-corrected chi connectivity index (χ4v) is 3.24. The van der Waals surface area contributed by atoms with Crippen molar-refractivity contribution in [2.45, 2.75) is 33.2 Å².